The van der Waals surface area contributed by atoms with Crippen LogP contribution in [0.4, 0.5) is 0 Å². The number of carbonyl (C=O) groups is 1. The molecule has 0 saturated heterocycles. The summed E-state index contributed by atoms with van der Waals surface area (Å²) in [7, 11) is 0. The highest BCUT2D eigenvalue weighted by molar-refractivity contribution is 6.21. The predicted octanol–water partition coefficient (Wildman–Crippen LogP) is 3.15. The molecule has 0 spiro atoms. The smallest absolute Gasteiger partial charge is 0.254 e. The zero-order valence-electron chi connectivity index (χ0n) is 11.7. The van der Waals surface area contributed by atoms with Crippen molar-refractivity contribution in [1.29, 1.82) is 0 Å². The quantitative estimate of drug-likeness (QED) is 0.885. The Kier molecular flexibility index (Phi) is 4.25. The summed E-state index contributed by atoms with van der Waals surface area (Å²) in [6.07, 6.45) is 7.53. The van der Waals surface area contributed by atoms with Gasteiger partial charge in [-0.05, 0) is 25.0 Å². The Balaban J connectivity index is 1.69. The van der Waals surface area contributed by atoms with Crippen molar-refractivity contribution in [2.45, 2.75) is 37.1 Å². The number of carbonyl (C=O) groups excluding carboxylic acids is 1. The minimum atomic E-state index is -0.102. The minimum absolute atomic E-state index is 0.0341. The van der Waals surface area contributed by atoms with Crippen LogP contribution in [0.2, 0.25) is 0 Å². The molecule has 5 heteroatoms. The van der Waals surface area contributed by atoms with Gasteiger partial charge in [0.05, 0.1) is 22.8 Å². The summed E-state index contributed by atoms with van der Waals surface area (Å²) < 4.78 is 1.70. The van der Waals surface area contributed by atoms with E-state index < -0.39 is 0 Å². The third kappa shape index (κ3) is 3.27. The number of nitrogens with zero attached hydrogens (tertiary/aromatic N) is 2. The van der Waals surface area contributed by atoms with E-state index in [1.807, 2.05) is 30.3 Å². The van der Waals surface area contributed by atoms with Gasteiger partial charge in [-0.25, -0.2) is 4.68 Å². The molecule has 1 aromatic heterocycles. The van der Waals surface area contributed by atoms with Gasteiger partial charge in [-0.2, -0.15) is 5.10 Å². The molecule has 1 aliphatic rings. The average Bonchev–Trinajstić information content (AvgIpc) is 3.00. The third-order valence-corrected chi connectivity index (χ3v) is 4.39. The van der Waals surface area contributed by atoms with Crippen LogP contribution in [0.3, 0.4) is 0 Å². The number of benzene rings is 1. The van der Waals surface area contributed by atoms with Crippen molar-refractivity contribution in [3.05, 3.63) is 48.3 Å². The van der Waals surface area contributed by atoms with E-state index in [2.05, 4.69) is 10.4 Å². The monoisotopic (exact) mass is 303 g/mol. The van der Waals surface area contributed by atoms with E-state index in [-0.39, 0.29) is 17.3 Å². The highest BCUT2D eigenvalue weighted by Gasteiger charge is 2.25. The number of hydrogen-bond donors (Lipinski definition) is 1. The second-order valence-electron chi connectivity index (χ2n) is 5.39. The van der Waals surface area contributed by atoms with E-state index in [9.17, 15) is 4.79 Å². The fraction of sp³-hybridized carbons (Fsp3) is 0.375. The number of hydrogen-bond acceptors (Lipinski definition) is 2. The zero-order valence-corrected chi connectivity index (χ0v) is 12.5. The maximum Gasteiger partial charge on any atom is 0.254 e. The third-order valence-electron chi connectivity index (χ3n) is 3.86. The van der Waals surface area contributed by atoms with Crippen molar-refractivity contribution in [2.24, 2.45) is 0 Å². The SMILES string of the molecule is O=C(NC1CCCCC1Cl)c1cnn(-c2ccccc2)c1. The van der Waals surface area contributed by atoms with Crippen LogP contribution in [-0.2, 0) is 0 Å². The topological polar surface area (TPSA) is 46.9 Å². The van der Waals surface area contributed by atoms with Gasteiger partial charge in [0.1, 0.15) is 0 Å². The van der Waals surface area contributed by atoms with E-state index >= 15 is 0 Å². The van der Waals surface area contributed by atoms with Gasteiger partial charge in [-0.15, -0.1) is 11.6 Å². The summed E-state index contributed by atoms with van der Waals surface area (Å²) in [6, 6.07) is 9.79. The first kappa shape index (κ1) is 14.1. The largest absolute Gasteiger partial charge is 0.348 e. The Bertz CT molecular complexity index is 611. The first-order chi connectivity index (χ1) is 10.2. The molecular formula is C16H18ClN3O. The maximum atomic E-state index is 12.3. The Labute approximate surface area is 129 Å². The molecule has 21 heavy (non-hydrogen) atoms. The maximum absolute atomic E-state index is 12.3. The molecule has 2 aromatic rings. The van der Waals surface area contributed by atoms with Crippen molar-refractivity contribution in [1.82, 2.24) is 15.1 Å². The molecule has 1 N–H and O–H groups in total. The molecule has 1 fully saturated rings. The van der Waals surface area contributed by atoms with Crippen LogP contribution >= 0.6 is 11.6 Å². The Morgan fingerprint density at radius 2 is 2.00 bits per heavy atom. The fourth-order valence-corrected chi connectivity index (χ4v) is 3.01. The van der Waals surface area contributed by atoms with Crippen molar-refractivity contribution >= 4 is 17.5 Å². The molecule has 110 valence electrons. The molecule has 0 bridgehead atoms. The highest BCUT2D eigenvalue weighted by Crippen LogP contribution is 2.23. The van der Waals surface area contributed by atoms with E-state index in [1.165, 1.54) is 0 Å². The summed E-state index contributed by atoms with van der Waals surface area (Å²) in [5.41, 5.74) is 1.50. The van der Waals surface area contributed by atoms with E-state index in [4.69, 9.17) is 11.6 Å². The standard InChI is InChI=1S/C16H18ClN3O/c17-14-8-4-5-9-15(14)19-16(21)12-10-18-20(11-12)13-6-2-1-3-7-13/h1-3,6-7,10-11,14-15H,4-5,8-9H2,(H,19,21). The highest BCUT2D eigenvalue weighted by atomic mass is 35.5. The second-order valence-corrected chi connectivity index (χ2v) is 5.95. The minimum Gasteiger partial charge on any atom is -0.348 e. The molecule has 0 aliphatic heterocycles. The first-order valence-electron chi connectivity index (χ1n) is 7.29. The molecule has 0 radical (unpaired) electrons. The number of halogens is 1. The number of alkyl halides is 1. The van der Waals surface area contributed by atoms with Crippen LogP contribution in [0.5, 0.6) is 0 Å². The Morgan fingerprint density at radius 1 is 1.24 bits per heavy atom. The van der Waals surface area contributed by atoms with Gasteiger partial charge in [0.15, 0.2) is 0 Å². The van der Waals surface area contributed by atoms with Crippen LogP contribution in [0.25, 0.3) is 5.69 Å². The number of rotatable bonds is 3. The Hall–Kier alpha value is -1.81. The van der Waals surface area contributed by atoms with Crippen molar-refractivity contribution in [3.8, 4) is 5.69 Å². The lowest BCUT2D eigenvalue weighted by molar-refractivity contribution is 0.0928. The molecule has 1 saturated carbocycles. The van der Waals surface area contributed by atoms with Gasteiger partial charge in [-0.1, -0.05) is 31.0 Å². The molecule has 1 aromatic carbocycles. The molecule has 1 heterocycles. The zero-order chi connectivity index (χ0) is 14.7. The molecule has 4 nitrogen and oxygen atoms in total. The summed E-state index contributed by atoms with van der Waals surface area (Å²) in [5, 5.41) is 7.30. The number of para-hydroxylation sites is 1. The van der Waals surface area contributed by atoms with Crippen LogP contribution in [0.1, 0.15) is 36.0 Å². The number of nitrogens with one attached hydrogen (secondary N) is 1. The molecule has 1 amide bonds. The van der Waals surface area contributed by atoms with Crippen molar-refractivity contribution < 1.29 is 4.79 Å². The first-order valence-corrected chi connectivity index (χ1v) is 7.73. The summed E-state index contributed by atoms with van der Waals surface area (Å²) in [6.45, 7) is 0. The van der Waals surface area contributed by atoms with E-state index in [0.717, 1.165) is 31.4 Å². The number of amides is 1. The van der Waals surface area contributed by atoms with Crippen LogP contribution in [0.15, 0.2) is 42.7 Å². The van der Waals surface area contributed by atoms with Crippen LogP contribution < -0.4 is 5.32 Å². The lowest BCUT2D eigenvalue weighted by Crippen LogP contribution is -2.42. The van der Waals surface area contributed by atoms with Gasteiger partial charge >= 0.3 is 0 Å². The normalized spacial score (nSPS) is 22.0. The lowest BCUT2D eigenvalue weighted by atomic mass is 9.95. The van der Waals surface area contributed by atoms with E-state index in [0.29, 0.717) is 5.56 Å². The fourth-order valence-electron chi connectivity index (χ4n) is 2.66. The van der Waals surface area contributed by atoms with Gasteiger partial charge < -0.3 is 5.32 Å². The van der Waals surface area contributed by atoms with Gasteiger partial charge in [-0.3, -0.25) is 4.79 Å². The molecule has 2 atom stereocenters. The van der Waals surface area contributed by atoms with E-state index in [1.54, 1.807) is 17.1 Å². The molecular weight excluding hydrogens is 286 g/mol. The number of aromatic nitrogens is 2. The molecule has 1 aliphatic carbocycles. The lowest BCUT2D eigenvalue weighted by Gasteiger charge is -2.27. The molecule has 2 unspecified atom stereocenters. The predicted molar refractivity (Wildman–Crippen MR) is 82.9 cm³/mol. The molecule has 3 rings (SSSR count). The van der Waals surface area contributed by atoms with Crippen LogP contribution in [0, 0.1) is 0 Å². The average molecular weight is 304 g/mol. The summed E-state index contributed by atoms with van der Waals surface area (Å²) in [5.74, 6) is -0.102. The van der Waals surface area contributed by atoms with Crippen LogP contribution in [-0.4, -0.2) is 27.1 Å². The summed E-state index contributed by atoms with van der Waals surface area (Å²) >= 11 is 6.28. The second kappa shape index (κ2) is 6.31. The summed E-state index contributed by atoms with van der Waals surface area (Å²) in [4.78, 5) is 12.3. The van der Waals surface area contributed by atoms with Crippen molar-refractivity contribution in [3.63, 3.8) is 0 Å². The van der Waals surface area contributed by atoms with Gasteiger partial charge in [0.25, 0.3) is 5.91 Å². The van der Waals surface area contributed by atoms with Gasteiger partial charge in [0.2, 0.25) is 0 Å². The van der Waals surface area contributed by atoms with Gasteiger partial charge in [0, 0.05) is 12.2 Å². The van der Waals surface area contributed by atoms with Crippen molar-refractivity contribution in [2.75, 3.05) is 0 Å². The Morgan fingerprint density at radius 3 is 2.76 bits per heavy atom.